The number of benzene rings is 2. The van der Waals surface area contributed by atoms with E-state index in [1.165, 1.54) is 24.3 Å². The Hall–Kier alpha value is -1.78. The summed E-state index contributed by atoms with van der Waals surface area (Å²) in [7, 11) is 0. The van der Waals surface area contributed by atoms with Crippen LogP contribution in [0.1, 0.15) is 31.9 Å². The van der Waals surface area contributed by atoms with Crippen LogP contribution in [0.15, 0.2) is 48.5 Å². The lowest BCUT2D eigenvalue weighted by molar-refractivity contribution is 0.101. The molecule has 2 nitrogen and oxygen atoms in total. The molecule has 0 aliphatic carbocycles. The molecule has 1 heterocycles. The fourth-order valence-corrected chi connectivity index (χ4v) is 2.58. The zero-order valence-corrected chi connectivity index (χ0v) is 12.2. The van der Waals surface area contributed by atoms with E-state index in [0.717, 1.165) is 11.1 Å². The van der Waals surface area contributed by atoms with Gasteiger partial charge in [0.1, 0.15) is 11.6 Å². The fourth-order valence-electron chi connectivity index (χ4n) is 2.58. The van der Waals surface area contributed by atoms with Crippen LogP contribution in [0.4, 0.5) is 8.78 Å². The smallest absolute Gasteiger partial charge is 0.216 e. The van der Waals surface area contributed by atoms with Gasteiger partial charge in [0.25, 0.3) is 0 Å². The van der Waals surface area contributed by atoms with E-state index in [-0.39, 0.29) is 17.2 Å². The number of hydrogen-bond acceptors (Lipinski definition) is 2. The molecule has 3 rings (SSSR count). The molecule has 0 amide bonds. The summed E-state index contributed by atoms with van der Waals surface area (Å²) in [5.74, 6) is -0.591. The molecular formula is C17H17F2NO. The van der Waals surface area contributed by atoms with Crippen molar-refractivity contribution < 1.29 is 13.6 Å². The van der Waals surface area contributed by atoms with Gasteiger partial charge in [0.2, 0.25) is 5.72 Å². The van der Waals surface area contributed by atoms with Gasteiger partial charge >= 0.3 is 0 Å². The Morgan fingerprint density at radius 1 is 0.810 bits per heavy atom. The van der Waals surface area contributed by atoms with Gasteiger partial charge in [-0.3, -0.25) is 4.84 Å². The second kappa shape index (κ2) is 4.61. The van der Waals surface area contributed by atoms with Crippen LogP contribution in [0, 0.1) is 11.6 Å². The van der Waals surface area contributed by atoms with Crippen LogP contribution in [0.3, 0.4) is 0 Å². The van der Waals surface area contributed by atoms with Crippen molar-refractivity contribution >= 4 is 0 Å². The van der Waals surface area contributed by atoms with Gasteiger partial charge in [-0.15, -0.1) is 5.06 Å². The SMILES string of the molecule is CC(C)(C)N1OC1(c1ccc(F)cc1)c1ccc(F)cc1. The Kier molecular flexibility index (Phi) is 3.11. The molecule has 110 valence electrons. The zero-order valence-electron chi connectivity index (χ0n) is 12.2. The lowest BCUT2D eigenvalue weighted by Crippen LogP contribution is -2.32. The van der Waals surface area contributed by atoms with Crippen molar-refractivity contribution in [3.05, 3.63) is 71.3 Å². The molecule has 1 saturated heterocycles. The number of hydroxylamine groups is 2. The van der Waals surface area contributed by atoms with E-state index in [2.05, 4.69) is 0 Å². The minimum Gasteiger partial charge on any atom is -0.260 e. The Bertz CT molecular complexity index is 598. The highest BCUT2D eigenvalue weighted by Gasteiger charge is 2.62. The van der Waals surface area contributed by atoms with E-state index < -0.39 is 5.72 Å². The van der Waals surface area contributed by atoms with Crippen molar-refractivity contribution in [1.29, 1.82) is 0 Å². The third kappa shape index (κ3) is 2.34. The number of nitrogens with zero attached hydrogens (tertiary/aromatic N) is 1. The first-order chi connectivity index (χ1) is 9.84. The standard InChI is InChI=1S/C17H17F2NO/c1-16(2,3)20-17(21-20,12-4-8-14(18)9-5-12)13-6-10-15(19)11-7-13/h4-11H,1-3H3. The van der Waals surface area contributed by atoms with Gasteiger partial charge in [0.05, 0.1) is 0 Å². The first kappa shape index (κ1) is 14.2. The molecule has 1 unspecified atom stereocenters. The fraction of sp³-hybridized carbons (Fsp3) is 0.294. The van der Waals surface area contributed by atoms with Crippen LogP contribution in [0.25, 0.3) is 0 Å². The van der Waals surface area contributed by atoms with Crippen LogP contribution in [-0.4, -0.2) is 10.6 Å². The maximum atomic E-state index is 13.2. The summed E-state index contributed by atoms with van der Waals surface area (Å²) in [4.78, 5) is 5.91. The van der Waals surface area contributed by atoms with Gasteiger partial charge in [-0.05, 0) is 45.0 Å². The van der Waals surface area contributed by atoms with Gasteiger partial charge in [-0.1, -0.05) is 24.3 Å². The maximum absolute atomic E-state index is 13.2. The molecular weight excluding hydrogens is 272 g/mol. The minimum absolute atomic E-state index is 0.233. The van der Waals surface area contributed by atoms with E-state index >= 15 is 0 Å². The van der Waals surface area contributed by atoms with Crippen molar-refractivity contribution in [3.8, 4) is 0 Å². The van der Waals surface area contributed by atoms with E-state index in [1.807, 2.05) is 25.8 Å². The summed E-state index contributed by atoms with van der Waals surface area (Å²) in [6, 6.07) is 12.4. The van der Waals surface area contributed by atoms with Crippen molar-refractivity contribution in [2.24, 2.45) is 0 Å². The topological polar surface area (TPSA) is 15.5 Å². The summed E-state index contributed by atoms with van der Waals surface area (Å²) in [5, 5.41) is 1.85. The molecule has 4 heteroatoms. The third-order valence-corrected chi connectivity index (χ3v) is 3.56. The van der Waals surface area contributed by atoms with Gasteiger partial charge in [0, 0.05) is 16.7 Å². The summed E-state index contributed by atoms with van der Waals surface area (Å²) >= 11 is 0. The van der Waals surface area contributed by atoms with Crippen LogP contribution < -0.4 is 0 Å². The third-order valence-electron chi connectivity index (χ3n) is 3.56. The summed E-state index contributed by atoms with van der Waals surface area (Å²) < 4.78 is 26.4. The quantitative estimate of drug-likeness (QED) is 0.770. The largest absolute Gasteiger partial charge is 0.260 e. The van der Waals surface area contributed by atoms with E-state index in [1.54, 1.807) is 24.3 Å². The molecule has 2 aromatic carbocycles. The summed E-state index contributed by atoms with van der Waals surface area (Å²) in [6.45, 7) is 6.09. The van der Waals surface area contributed by atoms with Gasteiger partial charge in [-0.25, -0.2) is 8.78 Å². The Morgan fingerprint density at radius 2 is 1.19 bits per heavy atom. The second-order valence-electron chi connectivity index (χ2n) is 6.21. The molecule has 0 saturated carbocycles. The van der Waals surface area contributed by atoms with Crippen molar-refractivity contribution in [2.75, 3.05) is 0 Å². The minimum atomic E-state index is -0.778. The molecule has 1 aliphatic rings. The van der Waals surface area contributed by atoms with Crippen LogP contribution in [0.2, 0.25) is 0 Å². The highest BCUT2D eigenvalue weighted by molar-refractivity contribution is 5.39. The monoisotopic (exact) mass is 289 g/mol. The predicted molar refractivity (Wildman–Crippen MR) is 76.3 cm³/mol. The van der Waals surface area contributed by atoms with E-state index in [4.69, 9.17) is 4.84 Å². The summed E-state index contributed by atoms with van der Waals surface area (Å²) in [6.07, 6.45) is 0. The molecule has 0 aromatic heterocycles. The van der Waals surface area contributed by atoms with Gasteiger partial charge < -0.3 is 0 Å². The van der Waals surface area contributed by atoms with Gasteiger partial charge in [0.15, 0.2) is 0 Å². The highest BCUT2D eigenvalue weighted by Crippen LogP contribution is 2.54. The first-order valence-corrected chi connectivity index (χ1v) is 6.85. The zero-order chi connectivity index (χ0) is 15.3. The lowest BCUT2D eigenvalue weighted by Gasteiger charge is -2.22. The van der Waals surface area contributed by atoms with Crippen LogP contribution >= 0.6 is 0 Å². The summed E-state index contributed by atoms with van der Waals surface area (Å²) in [5.41, 5.74) is 0.637. The lowest BCUT2D eigenvalue weighted by atomic mass is 9.94. The molecule has 0 spiro atoms. The molecule has 21 heavy (non-hydrogen) atoms. The number of hydrogen-bond donors (Lipinski definition) is 0. The first-order valence-electron chi connectivity index (χ1n) is 6.85. The maximum Gasteiger partial charge on any atom is 0.216 e. The molecule has 0 radical (unpaired) electrons. The van der Waals surface area contributed by atoms with Gasteiger partial charge in [-0.2, -0.15) is 0 Å². The molecule has 1 atom stereocenters. The van der Waals surface area contributed by atoms with Crippen molar-refractivity contribution in [2.45, 2.75) is 32.0 Å². The molecule has 0 N–H and O–H groups in total. The van der Waals surface area contributed by atoms with E-state index in [9.17, 15) is 8.78 Å². The Balaban J connectivity index is 2.09. The molecule has 2 aromatic rings. The number of rotatable bonds is 2. The molecule has 1 fully saturated rings. The highest BCUT2D eigenvalue weighted by atomic mass is 19.1. The molecule has 1 aliphatic heterocycles. The molecule has 0 bridgehead atoms. The van der Waals surface area contributed by atoms with Crippen molar-refractivity contribution in [3.63, 3.8) is 0 Å². The second-order valence-corrected chi connectivity index (χ2v) is 6.21. The number of halogens is 2. The van der Waals surface area contributed by atoms with Crippen LogP contribution in [-0.2, 0) is 10.6 Å². The Labute approximate surface area is 122 Å². The van der Waals surface area contributed by atoms with Crippen LogP contribution in [0.5, 0.6) is 0 Å². The van der Waals surface area contributed by atoms with E-state index in [0.29, 0.717) is 0 Å². The normalized spacial score (nSPS) is 20.3. The average Bonchev–Trinajstić information content (AvgIpc) is 3.17. The predicted octanol–water partition coefficient (Wildman–Crippen LogP) is 4.21. The average molecular weight is 289 g/mol. The van der Waals surface area contributed by atoms with Crippen molar-refractivity contribution in [1.82, 2.24) is 5.06 Å². The Morgan fingerprint density at radius 3 is 1.48 bits per heavy atom.